The Morgan fingerprint density at radius 3 is 2.88 bits per heavy atom. The summed E-state index contributed by atoms with van der Waals surface area (Å²) in [5.74, 6) is 0.993. The average Bonchev–Trinajstić information content (AvgIpc) is 2.64. The molecule has 0 radical (unpaired) electrons. The van der Waals surface area contributed by atoms with Gasteiger partial charge in [-0.25, -0.2) is 0 Å². The van der Waals surface area contributed by atoms with Crippen molar-refractivity contribution in [2.45, 2.75) is 57.6 Å². The van der Waals surface area contributed by atoms with Crippen LogP contribution in [0.4, 0.5) is 0 Å². The normalized spacial score (nSPS) is 25.6. The number of aryl methyl sites for hydroxylation is 1. The summed E-state index contributed by atoms with van der Waals surface area (Å²) in [6.45, 7) is 2.89. The average molecular weight is 238 g/mol. The van der Waals surface area contributed by atoms with E-state index in [1.165, 1.54) is 12.8 Å². The quantitative estimate of drug-likeness (QED) is 0.822. The number of aliphatic hydroxyl groups excluding tert-OH is 1. The second-order valence-corrected chi connectivity index (χ2v) is 4.73. The summed E-state index contributed by atoms with van der Waals surface area (Å²) in [7, 11) is 1.67. The third kappa shape index (κ3) is 2.46. The number of methoxy groups -OCH3 is 1. The van der Waals surface area contributed by atoms with Crippen molar-refractivity contribution in [3.63, 3.8) is 0 Å². The maximum atomic E-state index is 10.3. The highest BCUT2D eigenvalue weighted by Crippen LogP contribution is 2.36. The molecule has 0 amide bonds. The Morgan fingerprint density at radius 1 is 1.41 bits per heavy atom. The van der Waals surface area contributed by atoms with Crippen LogP contribution in [0.3, 0.4) is 0 Å². The Bertz CT molecular complexity index is 341. The van der Waals surface area contributed by atoms with E-state index in [-0.39, 0.29) is 12.0 Å². The van der Waals surface area contributed by atoms with Gasteiger partial charge in [-0.3, -0.25) is 4.68 Å². The van der Waals surface area contributed by atoms with Crippen LogP contribution in [0, 0.1) is 0 Å². The molecule has 0 saturated heterocycles. The van der Waals surface area contributed by atoms with Crippen molar-refractivity contribution in [1.29, 1.82) is 0 Å². The first-order valence-corrected chi connectivity index (χ1v) is 6.55. The molecule has 17 heavy (non-hydrogen) atoms. The number of ether oxygens (including phenoxy) is 1. The zero-order valence-corrected chi connectivity index (χ0v) is 10.7. The van der Waals surface area contributed by atoms with Crippen LogP contribution in [0.1, 0.15) is 50.6 Å². The van der Waals surface area contributed by atoms with Crippen molar-refractivity contribution in [3.8, 4) is 5.75 Å². The molecular formula is C13H22N2O2. The van der Waals surface area contributed by atoms with E-state index < -0.39 is 0 Å². The smallest absolute Gasteiger partial charge is 0.160 e. The molecule has 0 aromatic carbocycles. The largest absolute Gasteiger partial charge is 0.493 e. The first-order chi connectivity index (χ1) is 8.27. The topological polar surface area (TPSA) is 47.3 Å². The van der Waals surface area contributed by atoms with E-state index in [0.29, 0.717) is 0 Å². The maximum absolute atomic E-state index is 10.3. The zero-order valence-electron chi connectivity index (χ0n) is 10.7. The Hall–Kier alpha value is -1.03. The molecule has 2 atom stereocenters. The van der Waals surface area contributed by atoms with Crippen molar-refractivity contribution in [3.05, 3.63) is 11.9 Å². The minimum absolute atomic E-state index is 0.176. The lowest BCUT2D eigenvalue weighted by Crippen LogP contribution is -2.21. The van der Waals surface area contributed by atoms with Crippen LogP contribution >= 0.6 is 0 Å². The van der Waals surface area contributed by atoms with Crippen LogP contribution in [0.25, 0.3) is 0 Å². The molecule has 4 heteroatoms. The minimum atomic E-state index is -0.256. The van der Waals surface area contributed by atoms with Gasteiger partial charge < -0.3 is 9.84 Å². The first kappa shape index (κ1) is 12.4. The van der Waals surface area contributed by atoms with E-state index >= 15 is 0 Å². The van der Waals surface area contributed by atoms with Gasteiger partial charge in [-0.05, 0) is 19.8 Å². The SMILES string of the molecule is CCn1ncc(OC)c1C1CCCCCC1O. The van der Waals surface area contributed by atoms with Crippen LogP contribution in [0.2, 0.25) is 0 Å². The molecule has 1 aliphatic carbocycles. The number of hydrogen-bond acceptors (Lipinski definition) is 3. The third-order valence-corrected chi connectivity index (χ3v) is 3.70. The monoisotopic (exact) mass is 238 g/mol. The highest BCUT2D eigenvalue weighted by atomic mass is 16.5. The first-order valence-electron chi connectivity index (χ1n) is 6.55. The lowest BCUT2D eigenvalue weighted by atomic mass is 9.93. The van der Waals surface area contributed by atoms with Gasteiger partial charge in [-0.1, -0.05) is 19.3 Å². The van der Waals surface area contributed by atoms with Crippen molar-refractivity contribution < 1.29 is 9.84 Å². The Labute approximate surface area is 103 Å². The Kier molecular flexibility index (Phi) is 4.05. The fraction of sp³-hybridized carbons (Fsp3) is 0.769. The van der Waals surface area contributed by atoms with Crippen LogP contribution in [-0.2, 0) is 6.54 Å². The van der Waals surface area contributed by atoms with Gasteiger partial charge in [0.2, 0.25) is 0 Å². The second-order valence-electron chi connectivity index (χ2n) is 4.73. The molecule has 1 fully saturated rings. The van der Waals surface area contributed by atoms with Crippen molar-refractivity contribution >= 4 is 0 Å². The van der Waals surface area contributed by atoms with Crippen molar-refractivity contribution in [1.82, 2.24) is 9.78 Å². The van der Waals surface area contributed by atoms with Gasteiger partial charge in [0.05, 0.1) is 25.1 Å². The van der Waals surface area contributed by atoms with Gasteiger partial charge >= 0.3 is 0 Å². The van der Waals surface area contributed by atoms with Crippen molar-refractivity contribution in [2.75, 3.05) is 7.11 Å². The predicted octanol–water partition coefficient (Wildman–Crippen LogP) is 2.32. The third-order valence-electron chi connectivity index (χ3n) is 3.70. The summed E-state index contributed by atoms with van der Waals surface area (Å²) in [6, 6.07) is 0. The fourth-order valence-corrected chi connectivity index (χ4v) is 2.77. The van der Waals surface area contributed by atoms with Gasteiger partial charge in [0.25, 0.3) is 0 Å². The van der Waals surface area contributed by atoms with E-state index in [1.807, 2.05) is 4.68 Å². The molecule has 1 aromatic rings. The molecule has 2 unspecified atom stereocenters. The standard InChI is InChI=1S/C13H22N2O2/c1-3-15-13(12(17-2)9-14-15)10-7-5-4-6-8-11(10)16/h9-11,16H,3-8H2,1-2H3. The van der Waals surface area contributed by atoms with Crippen LogP contribution in [-0.4, -0.2) is 28.1 Å². The lowest BCUT2D eigenvalue weighted by molar-refractivity contribution is 0.130. The molecule has 0 aliphatic heterocycles. The summed E-state index contributed by atoms with van der Waals surface area (Å²) in [5.41, 5.74) is 1.07. The number of rotatable bonds is 3. The highest BCUT2D eigenvalue weighted by Gasteiger charge is 2.29. The van der Waals surface area contributed by atoms with Gasteiger partial charge in [0, 0.05) is 12.5 Å². The lowest BCUT2D eigenvalue weighted by Gasteiger charge is -2.22. The molecule has 2 rings (SSSR count). The van der Waals surface area contributed by atoms with Gasteiger partial charge in [0.15, 0.2) is 5.75 Å². The van der Waals surface area contributed by atoms with Crippen LogP contribution in [0.15, 0.2) is 6.20 Å². The van der Waals surface area contributed by atoms with E-state index in [4.69, 9.17) is 4.74 Å². The number of aromatic nitrogens is 2. The summed E-state index contributed by atoms with van der Waals surface area (Å²) < 4.78 is 7.33. The van der Waals surface area contributed by atoms with Crippen LogP contribution in [0.5, 0.6) is 5.75 Å². The summed E-state index contributed by atoms with van der Waals surface area (Å²) in [5, 5.41) is 14.6. The molecule has 1 N–H and O–H groups in total. The van der Waals surface area contributed by atoms with Crippen LogP contribution < -0.4 is 4.74 Å². The molecule has 1 aliphatic rings. The Balaban J connectivity index is 2.32. The van der Waals surface area contributed by atoms with E-state index in [9.17, 15) is 5.11 Å². The van der Waals surface area contributed by atoms with Crippen molar-refractivity contribution in [2.24, 2.45) is 0 Å². The number of aliphatic hydroxyl groups is 1. The summed E-state index contributed by atoms with van der Waals surface area (Å²) in [4.78, 5) is 0. The van der Waals surface area contributed by atoms with E-state index in [2.05, 4.69) is 12.0 Å². The number of nitrogens with zero attached hydrogens (tertiary/aromatic N) is 2. The maximum Gasteiger partial charge on any atom is 0.160 e. The minimum Gasteiger partial charge on any atom is -0.493 e. The Morgan fingerprint density at radius 2 is 2.18 bits per heavy atom. The fourth-order valence-electron chi connectivity index (χ4n) is 2.77. The van der Waals surface area contributed by atoms with E-state index in [1.54, 1.807) is 13.3 Å². The molecule has 4 nitrogen and oxygen atoms in total. The highest BCUT2D eigenvalue weighted by molar-refractivity contribution is 5.29. The molecule has 1 heterocycles. The molecule has 96 valence electrons. The predicted molar refractivity (Wildman–Crippen MR) is 66.3 cm³/mol. The van der Waals surface area contributed by atoms with Gasteiger partial charge in [-0.15, -0.1) is 0 Å². The van der Waals surface area contributed by atoms with Gasteiger partial charge in [0.1, 0.15) is 0 Å². The van der Waals surface area contributed by atoms with E-state index in [0.717, 1.165) is 37.3 Å². The number of hydrogen-bond donors (Lipinski definition) is 1. The second kappa shape index (κ2) is 5.54. The molecule has 1 saturated carbocycles. The molecular weight excluding hydrogens is 216 g/mol. The molecule has 1 aromatic heterocycles. The molecule has 0 bridgehead atoms. The zero-order chi connectivity index (χ0) is 12.3. The molecule has 0 spiro atoms. The summed E-state index contributed by atoms with van der Waals surface area (Å²) >= 11 is 0. The summed E-state index contributed by atoms with van der Waals surface area (Å²) in [6.07, 6.45) is 6.95. The van der Waals surface area contributed by atoms with Gasteiger partial charge in [-0.2, -0.15) is 5.10 Å².